The van der Waals surface area contributed by atoms with E-state index < -0.39 is 17.7 Å². The number of halogens is 2. The summed E-state index contributed by atoms with van der Waals surface area (Å²) in [4.78, 5) is 18.0. The molecule has 6 heteroatoms. The predicted octanol–water partition coefficient (Wildman–Crippen LogP) is 2.75. The molecule has 0 N–H and O–H groups in total. The first-order chi connectivity index (χ1) is 11.0. The van der Waals surface area contributed by atoms with Gasteiger partial charge in [-0.3, -0.25) is 9.78 Å². The van der Waals surface area contributed by atoms with Crippen LogP contribution in [-0.2, 0) is 4.79 Å². The van der Waals surface area contributed by atoms with E-state index in [4.69, 9.17) is 4.74 Å². The lowest BCUT2D eigenvalue weighted by Crippen LogP contribution is -2.52. The molecule has 1 unspecified atom stereocenters. The first-order valence-electron chi connectivity index (χ1n) is 7.35. The zero-order valence-corrected chi connectivity index (χ0v) is 12.6. The smallest absolute Gasteiger partial charge is 0.263 e. The Kier molecular flexibility index (Phi) is 4.23. The van der Waals surface area contributed by atoms with Gasteiger partial charge >= 0.3 is 0 Å². The van der Waals surface area contributed by atoms with Crippen LogP contribution in [0.15, 0.2) is 42.7 Å². The van der Waals surface area contributed by atoms with Crippen LogP contribution in [0.4, 0.5) is 8.78 Å². The molecular weight excluding hydrogens is 302 g/mol. The number of likely N-dealkylation sites (tertiary alicyclic amines) is 1. The first-order valence-corrected chi connectivity index (χ1v) is 7.35. The molecule has 2 heterocycles. The third kappa shape index (κ3) is 3.31. The number of ether oxygens (including phenoxy) is 1. The maximum Gasteiger partial charge on any atom is 0.263 e. The van der Waals surface area contributed by atoms with Crippen molar-refractivity contribution in [3.05, 3.63) is 59.9 Å². The molecular formula is C17H16F2N2O2. The molecule has 1 saturated heterocycles. The van der Waals surface area contributed by atoms with E-state index >= 15 is 0 Å². The maximum atomic E-state index is 13.6. The Morgan fingerprint density at radius 2 is 2.13 bits per heavy atom. The van der Waals surface area contributed by atoms with Crippen molar-refractivity contribution in [3.8, 4) is 5.75 Å². The monoisotopic (exact) mass is 318 g/mol. The molecule has 1 atom stereocenters. The molecule has 120 valence electrons. The number of nitrogens with zero attached hydrogens (tertiary/aromatic N) is 2. The van der Waals surface area contributed by atoms with Gasteiger partial charge in [0.15, 0.2) is 17.7 Å². The summed E-state index contributed by atoms with van der Waals surface area (Å²) in [5.74, 6) is -1.58. The minimum absolute atomic E-state index is 0.128. The van der Waals surface area contributed by atoms with Crippen molar-refractivity contribution in [3.63, 3.8) is 0 Å². The number of hydrogen-bond donors (Lipinski definition) is 0. The van der Waals surface area contributed by atoms with Crippen LogP contribution in [0.25, 0.3) is 0 Å². The maximum absolute atomic E-state index is 13.6. The largest absolute Gasteiger partial charge is 0.478 e. The van der Waals surface area contributed by atoms with Crippen LogP contribution in [-0.4, -0.2) is 35.0 Å². The number of hydrogen-bond acceptors (Lipinski definition) is 3. The highest BCUT2D eigenvalue weighted by Gasteiger charge is 2.34. The average Bonchev–Trinajstić information content (AvgIpc) is 2.49. The molecule has 4 nitrogen and oxygen atoms in total. The van der Waals surface area contributed by atoms with Gasteiger partial charge in [-0.2, -0.15) is 0 Å². The van der Waals surface area contributed by atoms with Crippen LogP contribution < -0.4 is 4.74 Å². The minimum Gasteiger partial charge on any atom is -0.478 e. The van der Waals surface area contributed by atoms with Crippen LogP contribution in [0.2, 0.25) is 0 Å². The SMILES string of the molecule is CC(Oc1ccc(F)cc1F)C(=O)N1CC(c2cccnc2)C1. The standard InChI is InChI=1S/C17H16F2N2O2/c1-11(23-16-5-4-14(18)7-15(16)19)17(22)21-9-13(10-21)12-3-2-6-20-8-12/h2-8,11,13H,9-10H2,1H3. The Labute approximate surface area is 132 Å². The summed E-state index contributed by atoms with van der Waals surface area (Å²) in [5, 5.41) is 0. The Morgan fingerprint density at radius 1 is 1.35 bits per heavy atom. The first kappa shape index (κ1) is 15.4. The highest BCUT2D eigenvalue weighted by Crippen LogP contribution is 2.27. The number of carbonyl (C=O) groups is 1. The van der Waals surface area contributed by atoms with Crippen molar-refractivity contribution < 1.29 is 18.3 Å². The van der Waals surface area contributed by atoms with Crippen LogP contribution in [0, 0.1) is 11.6 Å². The van der Waals surface area contributed by atoms with Gasteiger partial charge in [0.05, 0.1) is 0 Å². The average molecular weight is 318 g/mol. The summed E-state index contributed by atoms with van der Waals surface area (Å²) < 4.78 is 31.7. The summed E-state index contributed by atoms with van der Waals surface area (Å²) >= 11 is 0. The molecule has 0 bridgehead atoms. The van der Waals surface area contributed by atoms with Crippen molar-refractivity contribution in [2.24, 2.45) is 0 Å². The molecule has 2 aromatic rings. The molecule has 3 rings (SSSR count). The lowest BCUT2D eigenvalue weighted by molar-refractivity contribution is -0.142. The molecule has 0 saturated carbocycles. The molecule has 23 heavy (non-hydrogen) atoms. The zero-order valence-electron chi connectivity index (χ0n) is 12.6. The lowest BCUT2D eigenvalue weighted by atomic mass is 9.92. The van der Waals surface area contributed by atoms with Gasteiger partial charge in [0.1, 0.15) is 5.82 Å². The molecule has 0 spiro atoms. The van der Waals surface area contributed by atoms with Crippen LogP contribution in [0.3, 0.4) is 0 Å². The number of amides is 1. The predicted molar refractivity (Wildman–Crippen MR) is 80.0 cm³/mol. The molecule has 1 amide bonds. The fourth-order valence-corrected chi connectivity index (χ4v) is 2.56. The van der Waals surface area contributed by atoms with Gasteiger partial charge in [-0.05, 0) is 30.7 Å². The minimum atomic E-state index is -0.829. The Bertz CT molecular complexity index is 703. The van der Waals surface area contributed by atoms with E-state index in [1.165, 1.54) is 6.07 Å². The highest BCUT2D eigenvalue weighted by atomic mass is 19.1. The molecule has 1 aromatic heterocycles. The number of carbonyl (C=O) groups excluding carboxylic acids is 1. The van der Waals surface area contributed by atoms with Gasteiger partial charge < -0.3 is 9.64 Å². The van der Waals surface area contributed by atoms with E-state index in [1.807, 2.05) is 12.1 Å². The fourth-order valence-electron chi connectivity index (χ4n) is 2.56. The zero-order chi connectivity index (χ0) is 16.4. The Hall–Kier alpha value is -2.50. The molecule has 0 radical (unpaired) electrons. The van der Waals surface area contributed by atoms with E-state index in [2.05, 4.69) is 4.98 Å². The third-order valence-electron chi connectivity index (χ3n) is 3.89. The normalized spacial score (nSPS) is 15.9. The second-order valence-corrected chi connectivity index (χ2v) is 5.56. The van der Waals surface area contributed by atoms with Gasteiger partial charge in [0.2, 0.25) is 0 Å². The molecule has 1 fully saturated rings. The van der Waals surface area contributed by atoms with E-state index in [0.29, 0.717) is 13.1 Å². The van der Waals surface area contributed by atoms with Crippen molar-refractivity contribution in [1.29, 1.82) is 0 Å². The van der Waals surface area contributed by atoms with Gasteiger partial charge in [0.25, 0.3) is 5.91 Å². The van der Waals surface area contributed by atoms with E-state index in [0.717, 1.165) is 17.7 Å². The van der Waals surface area contributed by atoms with Gasteiger partial charge in [-0.1, -0.05) is 6.07 Å². The number of pyridine rings is 1. The van der Waals surface area contributed by atoms with Crippen molar-refractivity contribution in [2.75, 3.05) is 13.1 Å². The fraction of sp³-hybridized carbons (Fsp3) is 0.294. The lowest BCUT2D eigenvalue weighted by Gasteiger charge is -2.40. The summed E-state index contributed by atoms with van der Waals surface area (Å²) in [6, 6.07) is 6.85. The van der Waals surface area contributed by atoms with Crippen molar-refractivity contribution in [2.45, 2.75) is 18.9 Å². The second-order valence-electron chi connectivity index (χ2n) is 5.56. The van der Waals surface area contributed by atoms with Crippen LogP contribution in [0.5, 0.6) is 5.75 Å². The Morgan fingerprint density at radius 3 is 2.78 bits per heavy atom. The number of rotatable bonds is 4. The molecule has 1 aliphatic rings. The van der Waals surface area contributed by atoms with Gasteiger partial charge in [0, 0.05) is 37.5 Å². The van der Waals surface area contributed by atoms with Gasteiger partial charge in [-0.25, -0.2) is 8.78 Å². The van der Waals surface area contributed by atoms with E-state index in [9.17, 15) is 13.6 Å². The molecule has 0 aliphatic carbocycles. The summed E-state index contributed by atoms with van der Waals surface area (Å²) in [7, 11) is 0. The second kappa shape index (κ2) is 6.32. The summed E-state index contributed by atoms with van der Waals surface area (Å²) in [6.07, 6.45) is 2.67. The Balaban J connectivity index is 1.57. The van der Waals surface area contributed by atoms with E-state index in [1.54, 1.807) is 24.2 Å². The highest BCUT2D eigenvalue weighted by molar-refractivity contribution is 5.82. The third-order valence-corrected chi connectivity index (χ3v) is 3.89. The quantitative estimate of drug-likeness (QED) is 0.870. The van der Waals surface area contributed by atoms with Crippen LogP contribution >= 0.6 is 0 Å². The van der Waals surface area contributed by atoms with Crippen molar-refractivity contribution >= 4 is 5.91 Å². The topological polar surface area (TPSA) is 42.4 Å². The van der Waals surface area contributed by atoms with Gasteiger partial charge in [-0.15, -0.1) is 0 Å². The number of benzene rings is 1. The van der Waals surface area contributed by atoms with Crippen LogP contribution in [0.1, 0.15) is 18.4 Å². The summed E-state index contributed by atoms with van der Waals surface area (Å²) in [5.41, 5.74) is 1.09. The van der Waals surface area contributed by atoms with Crippen molar-refractivity contribution in [1.82, 2.24) is 9.88 Å². The number of aromatic nitrogens is 1. The van der Waals surface area contributed by atoms with E-state index in [-0.39, 0.29) is 17.6 Å². The summed E-state index contributed by atoms with van der Waals surface area (Å²) in [6.45, 7) is 2.73. The molecule has 1 aliphatic heterocycles. The molecule has 1 aromatic carbocycles.